The molecule has 0 bridgehead atoms. The first-order valence-corrected chi connectivity index (χ1v) is 9.25. The zero-order chi connectivity index (χ0) is 17.8. The average molecular weight is 378 g/mol. The zero-order valence-electron chi connectivity index (χ0n) is 13.9. The molecule has 5 heteroatoms. The maximum absolute atomic E-state index is 12.6. The second kappa shape index (κ2) is 8.33. The van der Waals surface area contributed by atoms with Crippen molar-refractivity contribution in [2.24, 2.45) is 5.92 Å². The summed E-state index contributed by atoms with van der Waals surface area (Å²) in [7, 11) is 0. The fraction of sp³-hybridized carbons (Fsp3) is 0.350. The molecular formula is C20H21Cl2NO2. The van der Waals surface area contributed by atoms with Gasteiger partial charge >= 0.3 is 0 Å². The van der Waals surface area contributed by atoms with Crippen molar-refractivity contribution in [2.45, 2.75) is 18.9 Å². The van der Waals surface area contributed by atoms with Gasteiger partial charge in [0, 0.05) is 33.6 Å². The van der Waals surface area contributed by atoms with Crippen LogP contribution in [0.5, 0.6) is 0 Å². The largest absolute Gasteiger partial charge is 0.387 e. The summed E-state index contributed by atoms with van der Waals surface area (Å²) in [6, 6.07) is 14.5. The van der Waals surface area contributed by atoms with Gasteiger partial charge in [0.25, 0.3) is 0 Å². The Bertz CT molecular complexity index is 725. The quantitative estimate of drug-likeness (QED) is 0.772. The van der Waals surface area contributed by atoms with Gasteiger partial charge in [-0.2, -0.15) is 0 Å². The fourth-order valence-corrected chi connectivity index (χ4v) is 3.70. The monoisotopic (exact) mass is 377 g/mol. The van der Waals surface area contributed by atoms with Gasteiger partial charge in [0.05, 0.1) is 6.10 Å². The number of aliphatic hydroxyl groups is 1. The van der Waals surface area contributed by atoms with Gasteiger partial charge in [-0.05, 0) is 56.3 Å². The van der Waals surface area contributed by atoms with Gasteiger partial charge in [-0.25, -0.2) is 0 Å². The van der Waals surface area contributed by atoms with Gasteiger partial charge in [-0.1, -0.05) is 41.4 Å². The van der Waals surface area contributed by atoms with Crippen molar-refractivity contribution in [1.82, 2.24) is 4.90 Å². The number of nitrogens with zero attached hydrogens (tertiary/aromatic N) is 1. The van der Waals surface area contributed by atoms with Gasteiger partial charge in [-0.3, -0.25) is 4.79 Å². The molecule has 2 aromatic rings. The molecule has 1 saturated heterocycles. The van der Waals surface area contributed by atoms with E-state index in [1.54, 1.807) is 30.3 Å². The molecule has 1 N–H and O–H groups in total. The number of benzene rings is 2. The van der Waals surface area contributed by atoms with Crippen LogP contribution >= 0.6 is 23.2 Å². The molecule has 1 aliphatic rings. The molecule has 1 atom stereocenters. The number of Topliss-reactive ketones (excluding diaryl/α,β-unsaturated/α-hetero) is 1. The number of rotatable bonds is 5. The Morgan fingerprint density at radius 1 is 1.08 bits per heavy atom. The van der Waals surface area contributed by atoms with Crippen LogP contribution in [0.2, 0.25) is 10.0 Å². The number of ketones is 1. The second-order valence-electron chi connectivity index (χ2n) is 6.48. The Hall–Kier alpha value is -1.39. The Morgan fingerprint density at radius 2 is 1.72 bits per heavy atom. The van der Waals surface area contributed by atoms with E-state index in [9.17, 15) is 9.90 Å². The number of halogens is 2. The van der Waals surface area contributed by atoms with Gasteiger partial charge in [0.15, 0.2) is 5.78 Å². The predicted molar refractivity (Wildman–Crippen MR) is 101 cm³/mol. The maximum Gasteiger partial charge on any atom is 0.166 e. The fourth-order valence-electron chi connectivity index (χ4n) is 3.32. The average Bonchev–Trinajstić information content (AvgIpc) is 2.63. The van der Waals surface area contributed by atoms with Crippen molar-refractivity contribution in [3.8, 4) is 0 Å². The van der Waals surface area contributed by atoms with Crippen LogP contribution in [0.15, 0.2) is 48.5 Å². The number of aliphatic hydroxyl groups excluding tert-OH is 1. The van der Waals surface area contributed by atoms with Crippen molar-refractivity contribution in [1.29, 1.82) is 0 Å². The number of carbonyl (C=O) groups excluding carboxylic acids is 1. The van der Waals surface area contributed by atoms with Crippen molar-refractivity contribution >= 4 is 29.0 Å². The number of likely N-dealkylation sites (tertiary alicyclic amines) is 1. The highest BCUT2D eigenvalue weighted by Crippen LogP contribution is 2.27. The van der Waals surface area contributed by atoms with Crippen molar-refractivity contribution in [3.63, 3.8) is 0 Å². The van der Waals surface area contributed by atoms with Crippen LogP contribution in [0.25, 0.3) is 0 Å². The highest BCUT2D eigenvalue weighted by Gasteiger charge is 2.27. The van der Waals surface area contributed by atoms with Crippen LogP contribution in [0.4, 0.5) is 0 Å². The molecule has 0 aliphatic carbocycles. The summed E-state index contributed by atoms with van der Waals surface area (Å²) in [5.41, 5.74) is 1.47. The van der Waals surface area contributed by atoms with E-state index in [2.05, 4.69) is 4.90 Å². The summed E-state index contributed by atoms with van der Waals surface area (Å²) in [5, 5.41) is 11.7. The molecule has 25 heavy (non-hydrogen) atoms. The van der Waals surface area contributed by atoms with E-state index in [1.165, 1.54) is 0 Å². The third-order valence-electron chi connectivity index (χ3n) is 4.78. The summed E-state index contributed by atoms with van der Waals surface area (Å²) < 4.78 is 0. The lowest BCUT2D eigenvalue weighted by molar-refractivity contribution is 0.0727. The number of hydrogen-bond acceptors (Lipinski definition) is 3. The molecule has 3 rings (SSSR count). The Morgan fingerprint density at radius 3 is 2.36 bits per heavy atom. The van der Waals surface area contributed by atoms with Crippen LogP contribution in [0.3, 0.4) is 0 Å². The van der Waals surface area contributed by atoms with Crippen LogP contribution in [-0.4, -0.2) is 35.4 Å². The van der Waals surface area contributed by atoms with E-state index in [0.29, 0.717) is 16.6 Å². The summed E-state index contributed by atoms with van der Waals surface area (Å²) in [4.78, 5) is 14.8. The van der Waals surface area contributed by atoms with Crippen LogP contribution in [0, 0.1) is 5.92 Å². The van der Waals surface area contributed by atoms with Crippen LogP contribution < -0.4 is 0 Å². The SMILES string of the molecule is O=C(c1ccc(Cl)cc1)C1CCN(CC(O)c2ccccc2Cl)CC1. The van der Waals surface area contributed by atoms with E-state index in [-0.39, 0.29) is 11.7 Å². The first-order chi connectivity index (χ1) is 12.0. The highest BCUT2D eigenvalue weighted by atomic mass is 35.5. The lowest BCUT2D eigenvalue weighted by atomic mass is 9.88. The first-order valence-electron chi connectivity index (χ1n) is 8.49. The minimum Gasteiger partial charge on any atom is -0.387 e. The van der Waals surface area contributed by atoms with Crippen LogP contribution in [-0.2, 0) is 0 Å². The van der Waals surface area contributed by atoms with E-state index < -0.39 is 6.10 Å². The third kappa shape index (κ3) is 4.62. The minimum atomic E-state index is -0.614. The molecule has 0 radical (unpaired) electrons. The van der Waals surface area contributed by atoms with Gasteiger partial charge in [0.2, 0.25) is 0 Å². The summed E-state index contributed by atoms with van der Waals surface area (Å²) in [6.45, 7) is 2.13. The molecule has 2 aromatic carbocycles. The third-order valence-corrected chi connectivity index (χ3v) is 5.38. The standard InChI is InChI=1S/C20H21Cl2NO2/c21-16-7-5-14(6-8-16)20(25)15-9-11-23(12-10-15)13-19(24)17-3-1-2-4-18(17)22/h1-8,15,19,24H,9-13H2. The number of hydrogen-bond donors (Lipinski definition) is 1. The molecule has 0 aromatic heterocycles. The molecule has 0 saturated carbocycles. The molecule has 1 heterocycles. The Labute approximate surface area is 158 Å². The Balaban J connectivity index is 1.54. The van der Waals surface area contributed by atoms with Gasteiger partial charge in [-0.15, -0.1) is 0 Å². The molecule has 0 amide bonds. The summed E-state index contributed by atoms with van der Waals surface area (Å²) >= 11 is 12.0. The minimum absolute atomic E-state index is 0.0369. The van der Waals surface area contributed by atoms with Gasteiger partial charge in [0.1, 0.15) is 0 Å². The number of β-amino-alcohol motifs (C(OH)–C–C–N with tert-alkyl or cyclic N) is 1. The van der Waals surface area contributed by atoms with E-state index in [1.807, 2.05) is 18.2 Å². The zero-order valence-corrected chi connectivity index (χ0v) is 15.4. The number of carbonyl (C=O) groups is 1. The highest BCUT2D eigenvalue weighted by molar-refractivity contribution is 6.31. The van der Waals surface area contributed by atoms with Crippen LogP contribution in [0.1, 0.15) is 34.9 Å². The Kier molecular flexibility index (Phi) is 6.13. The van der Waals surface area contributed by atoms with Crippen molar-refractivity contribution in [3.05, 3.63) is 69.7 Å². The summed E-state index contributed by atoms with van der Waals surface area (Å²) in [6.07, 6.45) is 0.991. The molecule has 1 fully saturated rings. The molecule has 0 spiro atoms. The van der Waals surface area contributed by atoms with E-state index >= 15 is 0 Å². The molecule has 1 unspecified atom stereocenters. The number of piperidine rings is 1. The molecule has 132 valence electrons. The first kappa shape index (κ1) is 18.4. The predicted octanol–water partition coefficient (Wildman–Crippen LogP) is 4.62. The lowest BCUT2D eigenvalue weighted by Crippen LogP contribution is -2.38. The van der Waals surface area contributed by atoms with Gasteiger partial charge < -0.3 is 10.0 Å². The van der Waals surface area contributed by atoms with Crippen molar-refractivity contribution < 1.29 is 9.90 Å². The normalized spacial score (nSPS) is 17.4. The maximum atomic E-state index is 12.6. The molecule has 1 aliphatic heterocycles. The second-order valence-corrected chi connectivity index (χ2v) is 7.33. The summed E-state index contributed by atoms with van der Waals surface area (Å²) in [5.74, 6) is 0.220. The molecular weight excluding hydrogens is 357 g/mol. The van der Waals surface area contributed by atoms with E-state index in [0.717, 1.165) is 37.1 Å². The van der Waals surface area contributed by atoms with E-state index in [4.69, 9.17) is 23.2 Å². The smallest absolute Gasteiger partial charge is 0.166 e. The van der Waals surface area contributed by atoms with Crippen molar-refractivity contribution in [2.75, 3.05) is 19.6 Å². The lowest BCUT2D eigenvalue weighted by Gasteiger charge is -2.32. The molecule has 3 nitrogen and oxygen atoms in total. The topological polar surface area (TPSA) is 40.5 Å².